The maximum Gasteiger partial charge on any atom is 0.222 e. The molecule has 1 heterocycles. The monoisotopic (exact) mass is 346 g/mol. The van der Waals surface area contributed by atoms with Gasteiger partial charge in [-0.05, 0) is 44.4 Å². The van der Waals surface area contributed by atoms with E-state index in [0.29, 0.717) is 13.0 Å². The quantitative estimate of drug-likeness (QED) is 0.494. The van der Waals surface area contributed by atoms with E-state index < -0.39 is 0 Å². The summed E-state index contributed by atoms with van der Waals surface area (Å²) in [5.74, 6) is 1.81. The predicted molar refractivity (Wildman–Crippen MR) is 101 cm³/mol. The largest absolute Gasteiger partial charge is 0.493 e. The van der Waals surface area contributed by atoms with Gasteiger partial charge in [0, 0.05) is 32.0 Å². The number of hydrogen-bond donors (Lipinski definition) is 3. The minimum absolute atomic E-state index is 0.0370. The third-order valence-electron chi connectivity index (χ3n) is 3.86. The van der Waals surface area contributed by atoms with Crippen LogP contribution in [0, 0.1) is 0 Å². The first-order chi connectivity index (χ1) is 12.1. The zero-order valence-corrected chi connectivity index (χ0v) is 15.5. The van der Waals surface area contributed by atoms with Gasteiger partial charge in [0.25, 0.3) is 0 Å². The topological polar surface area (TPSA) is 74.8 Å². The van der Waals surface area contributed by atoms with Gasteiger partial charge in [0.15, 0.2) is 5.96 Å². The van der Waals surface area contributed by atoms with Crippen LogP contribution < -0.4 is 20.7 Å². The van der Waals surface area contributed by atoms with Crippen molar-refractivity contribution in [3.05, 3.63) is 29.3 Å². The molecular formula is C19H30N4O2. The summed E-state index contributed by atoms with van der Waals surface area (Å²) < 4.78 is 5.54. The molecule has 0 saturated heterocycles. The van der Waals surface area contributed by atoms with Crippen LogP contribution >= 0.6 is 0 Å². The van der Waals surface area contributed by atoms with Crippen LogP contribution in [0.3, 0.4) is 0 Å². The number of hydrogen-bond acceptors (Lipinski definition) is 3. The Morgan fingerprint density at radius 2 is 2.16 bits per heavy atom. The number of carbonyl (C=O) groups is 1. The lowest BCUT2D eigenvalue weighted by Gasteiger charge is -2.12. The third kappa shape index (κ3) is 6.64. The summed E-state index contributed by atoms with van der Waals surface area (Å²) in [5, 5.41) is 9.41. The second-order valence-electron chi connectivity index (χ2n) is 6.45. The number of aliphatic imine (C=N–C) groups is 1. The molecule has 0 aromatic heterocycles. The molecule has 1 aromatic carbocycles. The predicted octanol–water partition coefficient (Wildman–Crippen LogP) is 1.63. The molecule has 2 rings (SSSR count). The van der Waals surface area contributed by atoms with Crippen molar-refractivity contribution in [2.45, 2.75) is 46.1 Å². The number of nitrogens with one attached hydrogen (secondary N) is 3. The number of fused-ring (bicyclic) bond motifs is 1. The van der Waals surface area contributed by atoms with Crippen LogP contribution in [0.15, 0.2) is 23.2 Å². The summed E-state index contributed by atoms with van der Waals surface area (Å²) in [5.41, 5.74) is 2.60. The lowest BCUT2D eigenvalue weighted by molar-refractivity contribution is -0.121. The van der Waals surface area contributed by atoms with Crippen LogP contribution in [0.25, 0.3) is 0 Å². The Hall–Kier alpha value is -2.24. The van der Waals surface area contributed by atoms with Gasteiger partial charge in [0.05, 0.1) is 13.2 Å². The number of rotatable bonds is 8. The van der Waals surface area contributed by atoms with Gasteiger partial charge in [-0.1, -0.05) is 12.1 Å². The van der Waals surface area contributed by atoms with Gasteiger partial charge in [-0.2, -0.15) is 0 Å². The molecule has 138 valence electrons. The molecule has 1 aliphatic rings. The number of carbonyl (C=O) groups excluding carboxylic acids is 1. The highest BCUT2D eigenvalue weighted by molar-refractivity contribution is 5.80. The molecule has 0 saturated carbocycles. The van der Waals surface area contributed by atoms with Crippen molar-refractivity contribution in [2.24, 2.45) is 4.99 Å². The number of benzene rings is 1. The summed E-state index contributed by atoms with van der Waals surface area (Å²) in [6, 6.07) is 6.57. The second-order valence-corrected chi connectivity index (χ2v) is 6.45. The molecule has 0 spiro atoms. The molecule has 0 radical (unpaired) electrons. The van der Waals surface area contributed by atoms with Crippen LogP contribution in [0.4, 0.5) is 0 Å². The number of amides is 1. The molecule has 0 fully saturated rings. The highest BCUT2D eigenvalue weighted by Crippen LogP contribution is 2.25. The van der Waals surface area contributed by atoms with Gasteiger partial charge in [-0.15, -0.1) is 0 Å². The van der Waals surface area contributed by atoms with E-state index in [1.807, 2.05) is 20.8 Å². The maximum absolute atomic E-state index is 11.7. The molecule has 0 atom stereocenters. The van der Waals surface area contributed by atoms with Gasteiger partial charge in [-0.3, -0.25) is 9.79 Å². The van der Waals surface area contributed by atoms with Gasteiger partial charge in [0.1, 0.15) is 5.75 Å². The average molecular weight is 346 g/mol. The van der Waals surface area contributed by atoms with Crippen molar-refractivity contribution in [3.8, 4) is 5.75 Å². The highest BCUT2D eigenvalue weighted by Gasteiger charge is 2.11. The molecule has 0 aliphatic carbocycles. The fraction of sp³-hybridized carbons (Fsp3) is 0.579. The first kappa shape index (κ1) is 19.1. The van der Waals surface area contributed by atoms with Crippen molar-refractivity contribution >= 4 is 11.9 Å². The number of guanidine groups is 1. The number of nitrogens with zero attached hydrogens (tertiary/aromatic N) is 1. The first-order valence-corrected chi connectivity index (χ1v) is 9.14. The Balaban J connectivity index is 1.76. The van der Waals surface area contributed by atoms with Crippen LogP contribution in [0.2, 0.25) is 0 Å². The Morgan fingerprint density at radius 1 is 1.32 bits per heavy atom. The van der Waals surface area contributed by atoms with Crippen molar-refractivity contribution in [1.82, 2.24) is 16.0 Å². The Kier molecular flexibility index (Phi) is 7.57. The third-order valence-corrected chi connectivity index (χ3v) is 3.86. The average Bonchev–Trinajstić information content (AvgIpc) is 3.02. The van der Waals surface area contributed by atoms with E-state index in [9.17, 15) is 4.79 Å². The van der Waals surface area contributed by atoms with Crippen LogP contribution in [-0.2, 0) is 17.6 Å². The maximum atomic E-state index is 11.7. The minimum Gasteiger partial charge on any atom is -0.493 e. The molecule has 1 aromatic rings. The van der Waals surface area contributed by atoms with Crippen molar-refractivity contribution in [3.63, 3.8) is 0 Å². The summed E-state index contributed by atoms with van der Waals surface area (Å²) >= 11 is 0. The fourth-order valence-corrected chi connectivity index (χ4v) is 2.73. The van der Waals surface area contributed by atoms with Crippen molar-refractivity contribution < 1.29 is 9.53 Å². The molecule has 1 amide bonds. The highest BCUT2D eigenvalue weighted by atomic mass is 16.5. The standard InChI is InChI=1S/C19H30N4O2/c1-4-20-19(22-11-8-18(24)23-14(2)3)21-10-7-15-5-6-17-16(13-15)9-12-25-17/h5-6,13-14H,4,7-12H2,1-3H3,(H,23,24)(H2,20,21,22). The SMILES string of the molecule is CCNC(=NCCC(=O)NC(C)C)NCCc1ccc2c(c1)CCO2. The zero-order chi connectivity index (χ0) is 18.1. The van der Waals surface area contributed by atoms with E-state index in [2.05, 4.69) is 39.1 Å². The molecule has 0 bridgehead atoms. The zero-order valence-electron chi connectivity index (χ0n) is 15.5. The lowest BCUT2D eigenvalue weighted by Crippen LogP contribution is -2.38. The van der Waals surface area contributed by atoms with Crippen LogP contribution in [-0.4, -0.2) is 44.1 Å². The summed E-state index contributed by atoms with van der Waals surface area (Å²) in [6.45, 7) is 8.80. The van der Waals surface area contributed by atoms with E-state index in [0.717, 1.165) is 44.2 Å². The van der Waals surface area contributed by atoms with Gasteiger partial charge in [0.2, 0.25) is 5.91 Å². The van der Waals surface area contributed by atoms with Crippen molar-refractivity contribution in [1.29, 1.82) is 0 Å². The van der Waals surface area contributed by atoms with Crippen molar-refractivity contribution in [2.75, 3.05) is 26.2 Å². The minimum atomic E-state index is 0.0370. The number of ether oxygens (including phenoxy) is 1. The van der Waals surface area contributed by atoms with E-state index in [1.54, 1.807) is 0 Å². The summed E-state index contributed by atoms with van der Waals surface area (Å²) in [7, 11) is 0. The Labute approximate surface area is 150 Å². The lowest BCUT2D eigenvalue weighted by atomic mass is 10.1. The Morgan fingerprint density at radius 3 is 2.92 bits per heavy atom. The molecule has 3 N–H and O–H groups in total. The molecule has 1 aliphatic heterocycles. The van der Waals surface area contributed by atoms with E-state index in [1.165, 1.54) is 11.1 Å². The molecule has 6 heteroatoms. The fourth-order valence-electron chi connectivity index (χ4n) is 2.73. The van der Waals surface area contributed by atoms with Gasteiger partial charge < -0.3 is 20.7 Å². The molecule has 6 nitrogen and oxygen atoms in total. The summed E-state index contributed by atoms with van der Waals surface area (Å²) in [6.07, 6.45) is 2.32. The van der Waals surface area contributed by atoms with E-state index in [-0.39, 0.29) is 11.9 Å². The van der Waals surface area contributed by atoms with E-state index in [4.69, 9.17) is 4.74 Å². The van der Waals surface area contributed by atoms with Gasteiger partial charge >= 0.3 is 0 Å². The molecule has 25 heavy (non-hydrogen) atoms. The van der Waals surface area contributed by atoms with Crippen LogP contribution in [0.1, 0.15) is 38.3 Å². The molecular weight excluding hydrogens is 316 g/mol. The van der Waals surface area contributed by atoms with Crippen LogP contribution in [0.5, 0.6) is 5.75 Å². The summed E-state index contributed by atoms with van der Waals surface area (Å²) in [4.78, 5) is 16.1. The first-order valence-electron chi connectivity index (χ1n) is 9.14. The smallest absolute Gasteiger partial charge is 0.222 e. The second kappa shape index (κ2) is 9.91. The molecule has 0 unspecified atom stereocenters. The van der Waals surface area contributed by atoms with Gasteiger partial charge in [-0.25, -0.2) is 0 Å². The Bertz CT molecular complexity index is 599. The van der Waals surface area contributed by atoms with E-state index >= 15 is 0 Å². The normalized spacial score (nSPS) is 13.4.